The number of halogens is 2. The monoisotopic (exact) mass is 430 g/mol. The van der Waals surface area contributed by atoms with Gasteiger partial charge < -0.3 is 14.4 Å². The summed E-state index contributed by atoms with van der Waals surface area (Å²) in [6.07, 6.45) is 0. The Balaban J connectivity index is 2.54. The van der Waals surface area contributed by atoms with Gasteiger partial charge in [0.1, 0.15) is 11.6 Å². The largest absolute Gasteiger partial charge is 0.755 e. The molecule has 0 aliphatic rings. The van der Waals surface area contributed by atoms with Crippen LogP contribution in [0.25, 0.3) is 0 Å². The third kappa shape index (κ3) is 4.17. The molecule has 134 valence electrons. The van der Waals surface area contributed by atoms with E-state index in [4.69, 9.17) is 4.74 Å². The standard InChI is InChI=1S/C16H15BrFNO5S/c1-3-24-16(21)10-4-5-13(12(18)7-10)19(25(22)23)14-8-11(17)9(2)6-15(14)20/h4-8,20H,3H2,1-2H3,(H,22,23)/p-1. The van der Waals surface area contributed by atoms with Crippen molar-refractivity contribution >= 4 is 44.5 Å². The lowest BCUT2D eigenvalue weighted by atomic mass is 10.1. The van der Waals surface area contributed by atoms with E-state index in [-0.39, 0.29) is 29.3 Å². The van der Waals surface area contributed by atoms with Gasteiger partial charge in [0.25, 0.3) is 0 Å². The van der Waals surface area contributed by atoms with Crippen molar-refractivity contribution in [2.75, 3.05) is 10.9 Å². The van der Waals surface area contributed by atoms with E-state index in [1.165, 1.54) is 18.2 Å². The number of carbonyl (C=O) groups excluding carboxylic acids is 1. The van der Waals surface area contributed by atoms with Crippen LogP contribution in [0.5, 0.6) is 5.75 Å². The lowest BCUT2D eigenvalue weighted by Gasteiger charge is -2.28. The van der Waals surface area contributed by atoms with Gasteiger partial charge in [-0.15, -0.1) is 0 Å². The van der Waals surface area contributed by atoms with E-state index in [9.17, 15) is 23.1 Å². The molecule has 0 bridgehead atoms. The van der Waals surface area contributed by atoms with Crippen LogP contribution >= 0.6 is 15.9 Å². The van der Waals surface area contributed by atoms with Gasteiger partial charge in [-0.1, -0.05) is 15.9 Å². The molecule has 25 heavy (non-hydrogen) atoms. The number of hydrogen-bond donors (Lipinski definition) is 1. The maximum absolute atomic E-state index is 14.4. The van der Waals surface area contributed by atoms with Crippen molar-refractivity contribution in [1.29, 1.82) is 0 Å². The van der Waals surface area contributed by atoms with E-state index < -0.39 is 23.1 Å². The molecule has 6 nitrogen and oxygen atoms in total. The predicted molar refractivity (Wildman–Crippen MR) is 94.0 cm³/mol. The number of phenolic OH excluding ortho intramolecular Hbond substituents is 1. The first-order chi connectivity index (χ1) is 11.8. The molecule has 0 heterocycles. The third-order valence-electron chi connectivity index (χ3n) is 3.30. The smallest absolute Gasteiger partial charge is 0.338 e. The van der Waals surface area contributed by atoms with Crippen LogP contribution < -0.4 is 4.31 Å². The molecular weight excluding hydrogens is 417 g/mol. The fourth-order valence-electron chi connectivity index (χ4n) is 2.12. The van der Waals surface area contributed by atoms with Gasteiger partial charge >= 0.3 is 5.97 Å². The maximum Gasteiger partial charge on any atom is 0.338 e. The summed E-state index contributed by atoms with van der Waals surface area (Å²) in [5, 5.41) is 10.1. The number of aryl methyl sites for hydroxylation is 1. The predicted octanol–water partition coefficient (Wildman–Crippen LogP) is 3.71. The molecule has 1 atom stereocenters. The van der Waals surface area contributed by atoms with E-state index in [0.29, 0.717) is 14.3 Å². The zero-order chi connectivity index (χ0) is 18.7. The minimum atomic E-state index is -2.92. The number of esters is 1. The van der Waals surface area contributed by atoms with E-state index in [1.807, 2.05) is 0 Å². The van der Waals surface area contributed by atoms with Gasteiger partial charge in [-0.05, 0) is 49.7 Å². The summed E-state index contributed by atoms with van der Waals surface area (Å²) in [7, 11) is 0. The fraction of sp³-hybridized carbons (Fsp3) is 0.188. The molecule has 1 unspecified atom stereocenters. The van der Waals surface area contributed by atoms with Crippen LogP contribution in [0.1, 0.15) is 22.8 Å². The molecule has 0 aliphatic heterocycles. The highest BCUT2D eigenvalue weighted by atomic mass is 79.9. The first-order valence-electron chi connectivity index (χ1n) is 7.11. The summed E-state index contributed by atoms with van der Waals surface area (Å²) in [6.45, 7) is 3.45. The molecule has 0 aliphatic carbocycles. The molecule has 0 saturated carbocycles. The second-order valence-electron chi connectivity index (χ2n) is 4.99. The molecule has 0 spiro atoms. The Bertz CT molecular complexity index is 846. The summed E-state index contributed by atoms with van der Waals surface area (Å²) >= 11 is 0.328. The zero-order valence-electron chi connectivity index (χ0n) is 13.3. The summed E-state index contributed by atoms with van der Waals surface area (Å²) in [5.74, 6) is -2.01. The number of hydrogen-bond acceptors (Lipinski definition) is 5. The average Bonchev–Trinajstić information content (AvgIpc) is 2.53. The lowest BCUT2D eigenvalue weighted by molar-refractivity contribution is 0.0526. The van der Waals surface area contributed by atoms with Crippen molar-refractivity contribution in [2.24, 2.45) is 0 Å². The fourth-order valence-corrected chi connectivity index (χ4v) is 3.07. The highest BCUT2D eigenvalue weighted by Gasteiger charge is 2.21. The van der Waals surface area contributed by atoms with Gasteiger partial charge in [0.15, 0.2) is 0 Å². The number of rotatable bonds is 5. The number of benzene rings is 2. The minimum Gasteiger partial charge on any atom is -0.755 e. The molecule has 0 saturated heterocycles. The van der Waals surface area contributed by atoms with Crippen molar-refractivity contribution in [3.8, 4) is 5.75 Å². The minimum absolute atomic E-state index is 0.0472. The van der Waals surface area contributed by atoms with Gasteiger partial charge in [-0.25, -0.2) is 9.18 Å². The summed E-state index contributed by atoms with van der Waals surface area (Å²) in [6, 6.07) is 5.97. The van der Waals surface area contributed by atoms with Gasteiger partial charge in [0, 0.05) is 4.47 Å². The Labute approximate surface area is 154 Å². The number of carbonyl (C=O) groups is 1. The quantitative estimate of drug-likeness (QED) is 0.576. The zero-order valence-corrected chi connectivity index (χ0v) is 15.7. The second-order valence-corrected chi connectivity index (χ2v) is 6.64. The van der Waals surface area contributed by atoms with Crippen LogP contribution in [0.15, 0.2) is 34.8 Å². The number of phenols is 1. The first-order valence-corrected chi connectivity index (χ1v) is 8.94. The van der Waals surface area contributed by atoms with Crippen LogP contribution in [0.2, 0.25) is 0 Å². The van der Waals surface area contributed by atoms with E-state index in [2.05, 4.69) is 15.9 Å². The van der Waals surface area contributed by atoms with Crippen molar-refractivity contribution in [3.63, 3.8) is 0 Å². The Hall–Kier alpha value is -1.97. The molecule has 1 N–H and O–H groups in total. The molecule has 0 aromatic heterocycles. The Morgan fingerprint density at radius 2 is 2.04 bits per heavy atom. The Kier molecular flexibility index (Phi) is 6.15. The third-order valence-corrected chi connectivity index (χ3v) is 4.85. The molecule has 9 heteroatoms. The lowest BCUT2D eigenvalue weighted by Crippen LogP contribution is -2.21. The first kappa shape index (κ1) is 19.4. The van der Waals surface area contributed by atoms with E-state index in [0.717, 1.165) is 12.1 Å². The van der Waals surface area contributed by atoms with Crippen molar-refractivity contribution in [1.82, 2.24) is 0 Å². The molecule has 0 radical (unpaired) electrons. The van der Waals surface area contributed by atoms with Crippen LogP contribution in [0.4, 0.5) is 15.8 Å². The number of aromatic hydroxyl groups is 1. The topological polar surface area (TPSA) is 89.9 Å². The van der Waals surface area contributed by atoms with Gasteiger partial charge in [0.05, 0.1) is 34.8 Å². The van der Waals surface area contributed by atoms with Crippen molar-refractivity contribution < 1.29 is 27.8 Å². The molecule has 0 amide bonds. The van der Waals surface area contributed by atoms with Gasteiger partial charge in [-0.3, -0.25) is 8.51 Å². The van der Waals surface area contributed by atoms with Crippen LogP contribution in [-0.4, -0.2) is 26.4 Å². The molecule has 2 rings (SSSR count). The van der Waals surface area contributed by atoms with Gasteiger partial charge in [-0.2, -0.15) is 0 Å². The summed E-state index contributed by atoms with van der Waals surface area (Å²) in [4.78, 5) is 11.6. The maximum atomic E-state index is 14.4. The Morgan fingerprint density at radius 1 is 1.36 bits per heavy atom. The number of ether oxygens (including phenoxy) is 1. The van der Waals surface area contributed by atoms with E-state index in [1.54, 1.807) is 13.8 Å². The average molecular weight is 431 g/mol. The van der Waals surface area contributed by atoms with E-state index >= 15 is 0 Å². The molecular formula is C16H14BrFNO5S-. The molecule has 2 aromatic carbocycles. The summed E-state index contributed by atoms with van der Waals surface area (Å²) in [5.41, 5.74) is 0.158. The number of nitrogens with zero attached hydrogens (tertiary/aromatic N) is 1. The van der Waals surface area contributed by atoms with Crippen LogP contribution in [0, 0.1) is 12.7 Å². The molecule has 0 fully saturated rings. The highest BCUT2D eigenvalue weighted by molar-refractivity contribution is 9.10. The highest BCUT2D eigenvalue weighted by Crippen LogP contribution is 2.39. The second kappa shape index (κ2) is 7.94. The van der Waals surface area contributed by atoms with Crippen LogP contribution in [-0.2, 0) is 16.0 Å². The van der Waals surface area contributed by atoms with Crippen molar-refractivity contribution in [3.05, 3.63) is 51.7 Å². The van der Waals surface area contributed by atoms with Gasteiger partial charge in [0.2, 0.25) is 0 Å². The van der Waals surface area contributed by atoms with Crippen molar-refractivity contribution in [2.45, 2.75) is 13.8 Å². The summed E-state index contributed by atoms with van der Waals surface area (Å²) < 4.78 is 43.7. The number of anilines is 2. The SMILES string of the molecule is CCOC(=O)c1ccc(N(c2cc(Br)c(C)cc2O)S(=O)[O-])c(F)c1. The Morgan fingerprint density at radius 3 is 2.60 bits per heavy atom. The normalized spacial score (nSPS) is 11.9. The molecule has 2 aromatic rings. The van der Waals surface area contributed by atoms with Crippen LogP contribution in [0.3, 0.4) is 0 Å².